The summed E-state index contributed by atoms with van der Waals surface area (Å²) in [6.45, 7) is 3.00. The lowest BCUT2D eigenvalue weighted by molar-refractivity contribution is 0.265. The highest BCUT2D eigenvalue weighted by atomic mass is 16.3. The van der Waals surface area contributed by atoms with E-state index >= 15 is 0 Å². The fraction of sp³-hybridized carbons (Fsp3) is 0.556. The van der Waals surface area contributed by atoms with Crippen molar-refractivity contribution in [2.75, 3.05) is 24.2 Å². The van der Waals surface area contributed by atoms with Crippen LogP contribution in [0.5, 0.6) is 0 Å². The number of hydrogen-bond donors (Lipinski definition) is 3. The number of nitrogens with one attached hydrogen (secondary N) is 1. The molecule has 14 heavy (non-hydrogen) atoms. The molecule has 4 N–H and O–H groups in total. The lowest BCUT2D eigenvalue weighted by Crippen LogP contribution is -2.14. The van der Waals surface area contributed by atoms with Gasteiger partial charge in [-0.3, -0.25) is 0 Å². The van der Waals surface area contributed by atoms with Gasteiger partial charge in [-0.25, -0.2) is 4.98 Å². The van der Waals surface area contributed by atoms with Crippen LogP contribution in [0.3, 0.4) is 0 Å². The zero-order chi connectivity index (χ0) is 10.4. The number of anilines is 2. The van der Waals surface area contributed by atoms with Crippen LogP contribution in [0.2, 0.25) is 0 Å². The summed E-state index contributed by atoms with van der Waals surface area (Å²) < 4.78 is 0. The molecule has 0 fully saturated rings. The average molecular weight is 196 g/mol. The van der Waals surface area contributed by atoms with Gasteiger partial charge in [-0.15, -0.1) is 0 Å². The van der Waals surface area contributed by atoms with Gasteiger partial charge in [0, 0.05) is 19.3 Å². The van der Waals surface area contributed by atoms with Crippen LogP contribution in [0.1, 0.15) is 13.3 Å². The van der Waals surface area contributed by atoms with Gasteiger partial charge < -0.3 is 16.2 Å². The van der Waals surface area contributed by atoms with Crippen LogP contribution in [-0.2, 0) is 0 Å². The van der Waals surface area contributed by atoms with E-state index in [1.165, 1.54) is 0 Å². The molecule has 0 radical (unpaired) electrons. The van der Waals surface area contributed by atoms with Crippen LogP contribution >= 0.6 is 0 Å². The Morgan fingerprint density at radius 2 is 2.43 bits per heavy atom. The molecule has 1 aromatic heterocycles. The zero-order valence-electron chi connectivity index (χ0n) is 8.27. The third-order valence-electron chi connectivity index (χ3n) is 1.91. The Hall–Kier alpha value is -1.36. The van der Waals surface area contributed by atoms with Crippen LogP contribution in [0.4, 0.5) is 11.8 Å². The fourth-order valence-electron chi connectivity index (χ4n) is 1.05. The van der Waals surface area contributed by atoms with E-state index in [4.69, 9.17) is 10.8 Å². The Morgan fingerprint density at radius 3 is 3.07 bits per heavy atom. The molecule has 0 spiro atoms. The molecule has 5 nitrogen and oxygen atoms in total. The summed E-state index contributed by atoms with van der Waals surface area (Å²) in [7, 11) is 0. The van der Waals surface area contributed by atoms with Crippen molar-refractivity contribution < 1.29 is 5.11 Å². The van der Waals surface area contributed by atoms with Gasteiger partial charge in [-0.2, -0.15) is 4.98 Å². The first kappa shape index (κ1) is 10.7. The molecule has 5 heteroatoms. The van der Waals surface area contributed by atoms with Crippen LogP contribution in [0.25, 0.3) is 0 Å². The Labute approximate surface area is 83.4 Å². The van der Waals surface area contributed by atoms with Crippen molar-refractivity contribution in [3.63, 3.8) is 0 Å². The second kappa shape index (κ2) is 5.39. The summed E-state index contributed by atoms with van der Waals surface area (Å²) in [4.78, 5) is 8.01. The minimum atomic E-state index is 0.209. The van der Waals surface area contributed by atoms with Crippen molar-refractivity contribution in [1.82, 2.24) is 9.97 Å². The molecule has 0 saturated carbocycles. The van der Waals surface area contributed by atoms with Gasteiger partial charge >= 0.3 is 0 Å². The summed E-state index contributed by atoms with van der Waals surface area (Å²) in [6.07, 6.45) is 2.39. The maximum Gasteiger partial charge on any atom is 0.224 e. The minimum absolute atomic E-state index is 0.209. The highest BCUT2D eigenvalue weighted by Crippen LogP contribution is 2.04. The number of aliphatic hydroxyl groups is 1. The molecule has 0 aromatic carbocycles. The maximum atomic E-state index is 8.70. The highest BCUT2D eigenvalue weighted by molar-refractivity contribution is 5.34. The van der Waals surface area contributed by atoms with Crippen LogP contribution < -0.4 is 11.1 Å². The second-order valence-electron chi connectivity index (χ2n) is 3.30. The molecule has 1 aromatic rings. The molecular weight excluding hydrogens is 180 g/mol. The van der Waals surface area contributed by atoms with Crippen LogP contribution in [-0.4, -0.2) is 28.2 Å². The molecule has 78 valence electrons. The van der Waals surface area contributed by atoms with Gasteiger partial charge in [0.1, 0.15) is 5.82 Å². The quantitative estimate of drug-likeness (QED) is 0.638. The van der Waals surface area contributed by atoms with Gasteiger partial charge in [-0.05, 0) is 18.4 Å². The topological polar surface area (TPSA) is 84.1 Å². The molecule has 0 aliphatic carbocycles. The molecule has 0 bridgehead atoms. The van der Waals surface area contributed by atoms with Gasteiger partial charge in [0.05, 0.1) is 0 Å². The average Bonchev–Trinajstić information content (AvgIpc) is 2.15. The largest absolute Gasteiger partial charge is 0.396 e. The maximum absolute atomic E-state index is 8.70. The number of hydrogen-bond acceptors (Lipinski definition) is 5. The van der Waals surface area contributed by atoms with E-state index in [-0.39, 0.29) is 6.61 Å². The summed E-state index contributed by atoms with van der Waals surface area (Å²) >= 11 is 0. The highest BCUT2D eigenvalue weighted by Gasteiger charge is 2.02. The predicted octanol–water partition coefficient (Wildman–Crippen LogP) is 0.489. The SMILES string of the molecule is CC(CCO)CNc1nccc(N)n1. The molecule has 0 aliphatic heterocycles. The van der Waals surface area contributed by atoms with Crippen molar-refractivity contribution in [2.45, 2.75) is 13.3 Å². The first-order valence-electron chi connectivity index (χ1n) is 4.65. The molecule has 0 aliphatic rings. The van der Waals surface area contributed by atoms with Crippen molar-refractivity contribution in [3.05, 3.63) is 12.3 Å². The van der Waals surface area contributed by atoms with Crippen molar-refractivity contribution in [2.24, 2.45) is 5.92 Å². The Morgan fingerprint density at radius 1 is 1.64 bits per heavy atom. The fourth-order valence-corrected chi connectivity index (χ4v) is 1.05. The third kappa shape index (κ3) is 3.57. The predicted molar refractivity (Wildman–Crippen MR) is 55.8 cm³/mol. The van der Waals surface area contributed by atoms with Gasteiger partial charge in [0.15, 0.2) is 0 Å². The first-order valence-corrected chi connectivity index (χ1v) is 4.65. The number of nitrogens with zero attached hydrogens (tertiary/aromatic N) is 2. The summed E-state index contributed by atoms with van der Waals surface area (Å²) in [5.41, 5.74) is 5.49. The van der Waals surface area contributed by atoms with E-state index in [0.29, 0.717) is 17.7 Å². The molecule has 1 rings (SSSR count). The van der Waals surface area contributed by atoms with Gasteiger partial charge in [0.2, 0.25) is 5.95 Å². The Balaban J connectivity index is 2.37. The number of aliphatic hydroxyl groups excluding tert-OH is 1. The molecular formula is C9H16N4O. The molecule has 1 unspecified atom stereocenters. The lowest BCUT2D eigenvalue weighted by atomic mass is 10.1. The molecule has 1 heterocycles. The van der Waals surface area contributed by atoms with Crippen molar-refractivity contribution in [1.29, 1.82) is 0 Å². The molecule has 1 atom stereocenters. The second-order valence-corrected chi connectivity index (χ2v) is 3.30. The Kier molecular flexibility index (Phi) is 4.12. The van der Waals surface area contributed by atoms with Crippen LogP contribution in [0, 0.1) is 5.92 Å². The lowest BCUT2D eigenvalue weighted by Gasteiger charge is -2.10. The summed E-state index contributed by atoms with van der Waals surface area (Å²) in [6, 6.07) is 1.64. The molecule has 0 amide bonds. The van der Waals surface area contributed by atoms with E-state index in [0.717, 1.165) is 13.0 Å². The van der Waals surface area contributed by atoms with Gasteiger partial charge in [-0.1, -0.05) is 6.92 Å². The van der Waals surface area contributed by atoms with Crippen LogP contribution in [0.15, 0.2) is 12.3 Å². The monoisotopic (exact) mass is 196 g/mol. The van der Waals surface area contributed by atoms with E-state index in [1.807, 2.05) is 0 Å². The number of aromatic nitrogens is 2. The Bertz CT molecular complexity index is 279. The molecule has 0 saturated heterocycles. The third-order valence-corrected chi connectivity index (χ3v) is 1.91. The first-order chi connectivity index (χ1) is 6.72. The number of nitrogens with two attached hydrogens (primary N) is 1. The van der Waals surface area contributed by atoms with Crippen molar-refractivity contribution >= 4 is 11.8 Å². The summed E-state index contributed by atoms with van der Waals surface area (Å²) in [5, 5.41) is 11.8. The number of nitrogen functional groups attached to an aromatic ring is 1. The van der Waals surface area contributed by atoms with Gasteiger partial charge in [0.25, 0.3) is 0 Å². The van der Waals surface area contributed by atoms with Crippen molar-refractivity contribution in [3.8, 4) is 0 Å². The smallest absolute Gasteiger partial charge is 0.224 e. The normalized spacial score (nSPS) is 12.4. The number of rotatable bonds is 5. The minimum Gasteiger partial charge on any atom is -0.396 e. The summed E-state index contributed by atoms with van der Waals surface area (Å²) in [5.74, 6) is 1.39. The van der Waals surface area contributed by atoms with E-state index < -0.39 is 0 Å². The van der Waals surface area contributed by atoms with E-state index in [9.17, 15) is 0 Å². The zero-order valence-corrected chi connectivity index (χ0v) is 8.27. The van der Waals surface area contributed by atoms with E-state index in [2.05, 4.69) is 22.2 Å². The van der Waals surface area contributed by atoms with E-state index in [1.54, 1.807) is 12.3 Å². The standard InChI is InChI=1S/C9H16N4O/c1-7(3-5-14)6-12-9-11-4-2-8(10)13-9/h2,4,7,14H,3,5-6H2,1H3,(H3,10,11,12,13).